The smallest absolute Gasteiger partial charge is 0.243 e. The van der Waals surface area contributed by atoms with E-state index in [0.29, 0.717) is 30.8 Å². The van der Waals surface area contributed by atoms with E-state index in [-0.39, 0.29) is 23.0 Å². The average molecular weight is 405 g/mol. The lowest BCUT2D eigenvalue weighted by molar-refractivity contribution is -0.116. The third-order valence-corrected chi connectivity index (χ3v) is 6.89. The first kappa shape index (κ1) is 20.5. The van der Waals surface area contributed by atoms with Crippen LogP contribution in [0.2, 0.25) is 0 Å². The van der Waals surface area contributed by atoms with Crippen LogP contribution < -0.4 is 5.32 Å². The molecule has 5 nitrogen and oxygen atoms in total. The van der Waals surface area contributed by atoms with Crippen molar-refractivity contribution in [3.8, 4) is 0 Å². The molecule has 0 aliphatic carbocycles. The van der Waals surface area contributed by atoms with Crippen molar-refractivity contribution in [3.63, 3.8) is 0 Å². The molecule has 0 spiro atoms. The number of carbonyl (C=O) groups is 1. The number of halogens is 1. The highest BCUT2D eigenvalue weighted by molar-refractivity contribution is 7.89. The molecule has 1 heterocycles. The number of nitrogens with zero attached hydrogens (tertiary/aromatic N) is 1. The maximum Gasteiger partial charge on any atom is 0.243 e. The summed E-state index contributed by atoms with van der Waals surface area (Å²) in [5.74, 6) is -0.573. The maximum absolute atomic E-state index is 13.5. The van der Waals surface area contributed by atoms with E-state index >= 15 is 0 Å². The van der Waals surface area contributed by atoms with Gasteiger partial charge < -0.3 is 5.32 Å². The number of hydrogen-bond acceptors (Lipinski definition) is 3. The van der Waals surface area contributed by atoms with Gasteiger partial charge in [-0.15, -0.1) is 0 Å². The Labute approximate surface area is 165 Å². The van der Waals surface area contributed by atoms with Gasteiger partial charge in [0.25, 0.3) is 0 Å². The molecule has 0 saturated carbocycles. The van der Waals surface area contributed by atoms with Gasteiger partial charge in [0.15, 0.2) is 0 Å². The third kappa shape index (κ3) is 4.97. The number of rotatable bonds is 6. The number of piperidine rings is 1. The predicted molar refractivity (Wildman–Crippen MR) is 107 cm³/mol. The quantitative estimate of drug-likeness (QED) is 0.795. The zero-order chi connectivity index (χ0) is 20.1. The van der Waals surface area contributed by atoms with Gasteiger partial charge >= 0.3 is 0 Å². The highest BCUT2D eigenvalue weighted by atomic mass is 32.2. The standard InChI is InChI=1S/C21H25FN2O3S/c1-16-5-9-18(15-20(16)22)23-21(25)12-8-17-6-10-19(11-7-17)28(26,27)24-13-3-2-4-14-24/h5-7,9-11,15H,2-4,8,12-14H2,1H3,(H,23,25). The molecule has 1 N–H and O–H groups in total. The maximum atomic E-state index is 13.5. The van der Waals surface area contributed by atoms with Crippen molar-refractivity contribution < 1.29 is 17.6 Å². The van der Waals surface area contributed by atoms with E-state index in [4.69, 9.17) is 0 Å². The molecule has 28 heavy (non-hydrogen) atoms. The Bertz CT molecular complexity index is 937. The van der Waals surface area contributed by atoms with Crippen LogP contribution in [0.25, 0.3) is 0 Å². The normalized spacial score (nSPS) is 15.4. The van der Waals surface area contributed by atoms with Crippen LogP contribution in [0, 0.1) is 12.7 Å². The highest BCUT2D eigenvalue weighted by Crippen LogP contribution is 2.21. The number of sulfonamides is 1. The summed E-state index contributed by atoms with van der Waals surface area (Å²) in [6, 6.07) is 11.3. The fourth-order valence-corrected chi connectivity index (χ4v) is 4.75. The first-order valence-electron chi connectivity index (χ1n) is 9.51. The third-order valence-electron chi connectivity index (χ3n) is 4.97. The summed E-state index contributed by atoms with van der Waals surface area (Å²) in [7, 11) is -3.44. The van der Waals surface area contributed by atoms with Gasteiger partial charge in [0.05, 0.1) is 4.90 Å². The molecule has 0 radical (unpaired) electrons. The Morgan fingerprint density at radius 2 is 1.75 bits per heavy atom. The number of anilines is 1. The Morgan fingerprint density at radius 1 is 1.07 bits per heavy atom. The Morgan fingerprint density at radius 3 is 2.39 bits per heavy atom. The topological polar surface area (TPSA) is 66.5 Å². The zero-order valence-corrected chi connectivity index (χ0v) is 16.8. The number of carbonyl (C=O) groups excluding carboxylic acids is 1. The monoisotopic (exact) mass is 404 g/mol. The molecule has 0 bridgehead atoms. The molecule has 2 aromatic rings. The van der Waals surface area contributed by atoms with Gasteiger partial charge in [-0.3, -0.25) is 4.79 Å². The van der Waals surface area contributed by atoms with E-state index in [9.17, 15) is 17.6 Å². The van der Waals surface area contributed by atoms with Crippen molar-refractivity contribution >= 4 is 21.6 Å². The Kier molecular flexibility index (Phi) is 6.46. The van der Waals surface area contributed by atoms with E-state index in [1.807, 2.05) is 0 Å². The fraction of sp³-hybridized carbons (Fsp3) is 0.381. The number of aryl methyl sites for hydroxylation is 2. The molecule has 0 aromatic heterocycles. The predicted octanol–water partition coefficient (Wildman–Crippen LogP) is 3.88. The first-order chi connectivity index (χ1) is 13.4. The summed E-state index contributed by atoms with van der Waals surface area (Å²) in [6.45, 7) is 2.81. The van der Waals surface area contributed by atoms with Crippen molar-refractivity contribution in [1.82, 2.24) is 4.31 Å². The summed E-state index contributed by atoms with van der Waals surface area (Å²) in [5.41, 5.74) is 1.83. The number of hydrogen-bond donors (Lipinski definition) is 1. The van der Waals surface area contributed by atoms with Crippen LogP contribution in [-0.4, -0.2) is 31.7 Å². The average Bonchev–Trinajstić information content (AvgIpc) is 2.70. The molecule has 1 aliphatic heterocycles. The van der Waals surface area contributed by atoms with Gasteiger partial charge in [0.2, 0.25) is 15.9 Å². The fourth-order valence-electron chi connectivity index (χ4n) is 3.23. The molecule has 3 rings (SSSR count). The minimum atomic E-state index is -3.44. The molecular formula is C21H25FN2O3S. The van der Waals surface area contributed by atoms with Crippen LogP contribution in [0.4, 0.5) is 10.1 Å². The zero-order valence-electron chi connectivity index (χ0n) is 15.9. The van der Waals surface area contributed by atoms with Gasteiger partial charge in [-0.05, 0) is 61.6 Å². The van der Waals surface area contributed by atoms with E-state index in [1.165, 1.54) is 6.07 Å². The van der Waals surface area contributed by atoms with E-state index < -0.39 is 10.0 Å². The summed E-state index contributed by atoms with van der Waals surface area (Å²) in [6.07, 6.45) is 3.58. The van der Waals surface area contributed by atoms with E-state index in [1.54, 1.807) is 47.6 Å². The van der Waals surface area contributed by atoms with Crippen molar-refractivity contribution in [2.24, 2.45) is 0 Å². The highest BCUT2D eigenvalue weighted by Gasteiger charge is 2.25. The van der Waals surface area contributed by atoms with Crippen LogP contribution in [0.5, 0.6) is 0 Å². The first-order valence-corrected chi connectivity index (χ1v) is 11.0. The minimum Gasteiger partial charge on any atom is -0.326 e. The lowest BCUT2D eigenvalue weighted by atomic mass is 10.1. The van der Waals surface area contributed by atoms with Crippen LogP contribution in [0.1, 0.15) is 36.8 Å². The van der Waals surface area contributed by atoms with Crippen molar-refractivity contribution in [2.45, 2.75) is 43.9 Å². The largest absolute Gasteiger partial charge is 0.326 e. The molecule has 1 amide bonds. The van der Waals surface area contributed by atoms with Crippen molar-refractivity contribution in [2.75, 3.05) is 18.4 Å². The van der Waals surface area contributed by atoms with E-state index in [0.717, 1.165) is 24.8 Å². The van der Waals surface area contributed by atoms with Gasteiger partial charge in [-0.25, -0.2) is 12.8 Å². The second-order valence-corrected chi connectivity index (χ2v) is 9.06. The van der Waals surface area contributed by atoms with Gasteiger partial charge in [-0.2, -0.15) is 4.31 Å². The van der Waals surface area contributed by atoms with Gasteiger partial charge in [0, 0.05) is 25.2 Å². The number of nitrogens with one attached hydrogen (secondary N) is 1. The molecule has 0 atom stereocenters. The molecule has 1 aliphatic rings. The second kappa shape index (κ2) is 8.84. The molecule has 0 unspecified atom stereocenters. The Hall–Kier alpha value is -2.25. The van der Waals surface area contributed by atoms with Crippen LogP contribution in [0.15, 0.2) is 47.4 Å². The number of amides is 1. The van der Waals surface area contributed by atoms with Crippen molar-refractivity contribution in [3.05, 3.63) is 59.4 Å². The SMILES string of the molecule is Cc1ccc(NC(=O)CCc2ccc(S(=O)(=O)N3CCCCC3)cc2)cc1F. The molecule has 1 saturated heterocycles. The molecule has 2 aromatic carbocycles. The number of benzene rings is 2. The van der Waals surface area contributed by atoms with Crippen molar-refractivity contribution in [1.29, 1.82) is 0 Å². The molecule has 1 fully saturated rings. The molecule has 150 valence electrons. The van der Waals surface area contributed by atoms with Crippen LogP contribution in [0.3, 0.4) is 0 Å². The van der Waals surface area contributed by atoms with E-state index in [2.05, 4.69) is 5.32 Å². The summed E-state index contributed by atoms with van der Waals surface area (Å²) in [5, 5.41) is 2.68. The van der Waals surface area contributed by atoms with Crippen LogP contribution >= 0.6 is 0 Å². The summed E-state index contributed by atoms with van der Waals surface area (Å²) in [4.78, 5) is 12.4. The lowest BCUT2D eigenvalue weighted by Gasteiger charge is -2.25. The van der Waals surface area contributed by atoms with Crippen LogP contribution in [-0.2, 0) is 21.2 Å². The van der Waals surface area contributed by atoms with Gasteiger partial charge in [-0.1, -0.05) is 24.6 Å². The summed E-state index contributed by atoms with van der Waals surface area (Å²) < 4.78 is 40.4. The second-order valence-electron chi connectivity index (χ2n) is 7.12. The Balaban J connectivity index is 1.56. The van der Waals surface area contributed by atoms with Gasteiger partial charge in [0.1, 0.15) is 5.82 Å². The lowest BCUT2D eigenvalue weighted by Crippen LogP contribution is -2.35. The minimum absolute atomic E-state index is 0.215. The molecular weight excluding hydrogens is 379 g/mol. The summed E-state index contributed by atoms with van der Waals surface area (Å²) >= 11 is 0. The molecule has 7 heteroatoms.